The highest BCUT2D eigenvalue weighted by molar-refractivity contribution is 7.88. The van der Waals surface area contributed by atoms with Gasteiger partial charge in [-0.3, -0.25) is 4.79 Å². The second-order valence-electron chi connectivity index (χ2n) is 4.09. The minimum Gasteiger partial charge on any atom is -0.490 e. The number of carbonyl (C=O) groups is 1. The smallest absolute Gasteiger partial charge is 0.490 e. The number of alkyl halides is 3. The third-order valence-electron chi connectivity index (χ3n) is 2.46. The zero-order chi connectivity index (χ0) is 17.0. The first kappa shape index (κ1) is 18.2. The summed E-state index contributed by atoms with van der Waals surface area (Å²) in [5.74, 6) is -2.82. The van der Waals surface area contributed by atoms with E-state index in [1.807, 2.05) is 6.92 Å². The van der Waals surface area contributed by atoms with E-state index in [2.05, 4.69) is 4.18 Å². The number of halogens is 4. The van der Waals surface area contributed by atoms with Crippen molar-refractivity contribution in [1.29, 1.82) is 0 Å². The minimum absolute atomic E-state index is 0.0306. The summed E-state index contributed by atoms with van der Waals surface area (Å²) in [5.41, 5.74) is -6.69. The lowest BCUT2D eigenvalue weighted by molar-refractivity contribution is -0.0500. The Hall–Kier alpha value is -1.84. The predicted octanol–water partition coefficient (Wildman–Crippen LogP) is 3.05. The summed E-state index contributed by atoms with van der Waals surface area (Å²) in [6.45, 7) is 1.85. The van der Waals surface area contributed by atoms with Crippen LogP contribution in [-0.4, -0.2) is 26.8 Å². The lowest BCUT2D eigenvalue weighted by Crippen LogP contribution is -2.28. The molecule has 0 N–H and O–H groups in total. The van der Waals surface area contributed by atoms with Crippen molar-refractivity contribution in [3.8, 4) is 11.5 Å². The third kappa shape index (κ3) is 4.09. The molecule has 10 heteroatoms. The number of hydrogen-bond donors (Lipinski definition) is 0. The van der Waals surface area contributed by atoms with Crippen molar-refractivity contribution in [1.82, 2.24) is 0 Å². The van der Waals surface area contributed by atoms with Gasteiger partial charge in [0.2, 0.25) is 0 Å². The molecule has 124 valence electrons. The van der Waals surface area contributed by atoms with Crippen LogP contribution in [0.25, 0.3) is 0 Å². The normalized spacial score (nSPS) is 12.0. The van der Waals surface area contributed by atoms with Gasteiger partial charge in [-0.25, -0.2) is 4.39 Å². The maximum absolute atomic E-state index is 13.4. The van der Waals surface area contributed by atoms with E-state index in [9.17, 15) is 30.8 Å². The van der Waals surface area contributed by atoms with E-state index in [0.717, 1.165) is 12.1 Å². The summed E-state index contributed by atoms with van der Waals surface area (Å²) in [4.78, 5) is 10.8. The topological polar surface area (TPSA) is 69.7 Å². The summed E-state index contributed by atoms with van der Waals surface area (Å²) < 4.78 is 81.5. The summed E-state index contributed by atoms with van der Waals surface area (Å²) >= 11 is 0. The highest BCUT2D eigenvalue weighted by atomic mass is 32.2. The molecular weight excluding hydrogens is 332 g/mol. The highest BCUT2D eigenvalue weighted by Gasteiger charge is 2.49. The van der Waals surface area contributed by atoms with Gasteiger partial charge in [-0.2, -0.15) is 21.6 Å². The van der Waals surface area contributed by atoms with Gasteiger partial charge < -0.3 is 8.92 Å². The van der Waals surface area contributed by atoms with Crippen LogP contribution < -0.4 is 8.92 Å². The molecule has 0 fully saturated rings. The Morgan fingerprint density at radius 1 is 1.27 bits per heavy atom. The van der Waals surface area contributed by atoms with Gasteiger partial charge in [-0.15, -0.1) is 0 Å². The van der Waals surface area contributed by atoms with Crippen LogP contribution in [-0.2, 0) is 10.1 Å². The Balaban J connectivity index is 3.29. The van der Waals surface area contributed by atoms with Gasteiger partial charge >= 0.3 is 15.6 Å². The molecule has 22 heavy (non-hydrogen) atoms. The number of ether oxygens (including phenoxy) is 1. The fraction of sp³-hybridized carbons (Fsp3) is 0.417. The van der Waals surface area contributed by atoms with Gasteiger partial charge in [-0.05, 0) is 18.6 Å². The van der Waals surface area contributed by atoms with Gasteiger partial charge in [0, 0.05) is 0 Å². The molecule has 1 aromatic rings. The van der Waals surface area contributed by atoms with Gasteiger partial charge in [0.05, 0.1) is 12.2 Å². The number of hydrogen-bond acceptors (Lipinski definition) is 5. The van der Waals surface area contributed by atoms with Crippen LogP contribution >= 0.6 is 0 Å². The third-order valence-corrected chi connectivity index (χ3v) is 3.41. The number of aldehydes is 1. The quantitative estimate of drug-likeness (QED) is 0.250. The molecule has 0 heterocycles. The Labute approximate surface area is 124 Å². The first-order chi connectivity index (χ1) is 10.1. The average Bonchev–Trinajstić information content (AvgIpc) is 2.40. The molecule has 0 spiro atoms. The van der Waals surface area contributed by atoms with E-state index in [-0.39, 0.29) is 12.9 Å². The Bertz CT molecular complexity index is 640. The largest absolute Gasteiger partial charge is 0.534 e. The second-order valence-corrected chi connectivity index (χ2v) is 5.63. The molecule has 0 bridgehead atoms. The Morgan fingerprint density at radius 3 is 2.41 bits per heavy atom. The van der Waals surface area contributed by atoms with Gasteiger partial charge in [0.1, 0.15) is 5.82 Å². The Morgan fingerprint density at radius 2 is 1.91 bits per heavy atom. The zero-order valence-corrected chi connectivity index (χ0v) is 12.1. The van der Waals surface area contributed by atoms with Gasteiger partial charge in [-0.1, -0.05) is 13.3 Å². The molecule has 0 amide bonds. The van der Waals surface area contributed by atoms with Crippen LogP contribution in [0.5, 0.6) is 11.5 Å². The molecule has 1 rings (SSSR count). The monoisotopic (exact) mass is 344 g/mol. The van der Waals surface area contributed by atoms with E-state index < -0.39 is 38.5 Å². The fourth-order valence-corrected chi connectivity index (χ4v) is 1.83. The first-order valence-corrected chi connectivity index (χ1v) is 7.46. The summed E-state index contributed by atoms with van der Waals surface area (Å²) in [7, 11) is -6.06. The predicted molar refractivity (Wildman–Crippen MR) is 67.8 cm³/mol. The lowest BCUT2D eigenvalue weighted by Gasteiger charge is -2.15. The van der Waals surface area contributed by atoms with E-state index in [1.165, 1.54) is 0 Å². The molecule has 0 atom stereocenters. The van der Waals surface area contributed by atoms with Gasteiger partial charge in [0.25, 0.3) is 0 Å². The van der Waals surface area contributed by atoms with Crippen molar-refractivity contribution in [3.63, 3.8) is 0 Å². The van der Waals surface area contributed by atoms with Crippen molar-refractivity contribution in [3.05, 3.63) is 23.5 Å². The summed E-state index contributed by atoms with van der Waals surface area (Å²) in [6, 6.07) is 1.65. The molecule has 0 radical (unpaired) electrons. The zero-order valence-electron chi connectivity index (χ0n) is 11.3. The second kappa shape index (κ2) is 6.95. The van der Waals surface area contributed by atoms with Crippen molar-refractivity contribution in [2.45, 2.75) is 25.3 Å². The van der Waals surface area contributed by atoms with Gasteiger partial charge in [0.15, 0.2) is 17.8 Å². The van der Waals surface area contributed by atoms with Crippen molar-refractivity contribution in [2.75, 3.05) is 6.61 Å². The number of rotatable bonds is 7. The maximum Gasteiger partial charge on any atom is 0.534 e. The van der Waals surface area contributed by atoms with E-state index >= 15 is 0 Å². The molecule has 5 nitrogen and oxygen atoms in total. The number of carbonyl (C=O) groups excluding carboxylic acids is 1. The van der Waals surface area contributed by atoms with Crippen LogP contribution in [0, 0.1) is 5.82 Å². The standard InChI is InChI=1S/C12H12F4O5S/c1-2-3-6-20-10-5-4-9(13)8(7-17)11(10)21-22(18,19)12(14,15)16/h4-5,7H,2-3,6H2,1H3. The molecule has 1 aromatic carbocycles. The summed E-state index contributed by atoms with van der Waals surface area (Å²) in [6.07, 6.45) is 1.06. The van der Waals surface area contributed by atoms with Crippen LogP contribution in [0.2, 0.25) is 0 Å². The SMILES string of the molecule is CCCCOc1ccc(F)c(C=O)c1OS(=O)(=O)C(F)(F)F. The lowest BCUT2D eigenvalue weighted by atomic mass is 10.2. The van der Waals surface area contributed by atoms with Crippen LogP contribution in [0.1, 0.15) is 30.1 Å². The first-order valence-electron chi connectivity index (χ1n) is 6.05. The molecule has 0 aliphatic rings. The number of benzene rings is 1. The Kier molecular flexibility index (Phi) is 5.75. The molecule has 0 aliphatic carbocycles. The molecule has 0 saturated carbocycles. The van der Waals surface area contributed by atoms with Crippen molar-refractivity contribution < 1.29 is 39.7 Å². The van der Waals surface area contributed by atoms with E-state index in [4.69, 9.17) is 4.74 Å². The minimum atomic E-state index is -6.06. The fourth-order valence-electron chi connectivity index (χ4n) is 1.35. The molecule has 0 unspecified atom stereocenters. The maximum atomic E-state index is 13.4. The van der Waals surface area contributed by atoms with Crippen molar-refractivity contribution >= 4 is 16.4 Å². The van der Waals surface area contributed by atoms with Crippen LogP contribution in [0.4, 0.5) is 17.6 Å². The van der Waals surface area contributed by atoms with Crippen molar-refractivity contribution in [2.24, 2.45) is 0 Å². The number of unbranched alkanes of at least 4 members (excludes halogenated alkanes) is 1. The highest BCUT2D eigenvalue weighted by Crippen LogP contribution is 2.36. The van der Waals surface area contributed by atoms with Crippen LogP contribution in [0.3, 0.4) is 0 Å². The molecule has 0 aromatic heterocycles. The summed E-state index contributed by atoms with van der Waals surface area (Å²) in [5, 5.41) is 0. The molecule has 0 saturated heterocycles. The molecular formula is C12H12F4O5S. The average molecular weight is 344 g/mol. The molecule has 0 aliphatic heterocycles. The van der Waals surface area contributed by atoms with E-state index in [0.29, 0.717) is 12.8 Å². The van der Waals surface area contributed by atoms with E-state index in [1.54, 1.807) is 0 Å². The van der Waals surface area contributed by atoms with Crippen LogP contribution in [0.15, 0.2) is 12.1 Å².